The van der Waals surface area contributed by atoms with E-state index in [0.29, 0.717) is 0 Å². The van der Waals surface area contributed by atoms with Crippen LogP contribution in [-0.2, 0) is 21.8 Å². The first-order valence-corrected chi connectivity index (χ1v) is 12.5. The zero-order valence-electron chi connectivity index (χ0n) is 21.9. The summed E-state index contributed by atoms with van der Waals surface area (Å²) < 4.78 is 24.5. The molecule has 0 saturated carbocycles. The number of aromatic nitrogens is 2. The van der Waals surface area contributed by atoms with Crippen LogP contribution in [0, 0.1) is 5.92 Å². The number of aliphatic hydroxyl groups is 1. The lowest BCUT2D eigenvalue weighted by atomic mass is 9.80. The third-order valence-electron chi connectivity index (χ3n) is 6.45. The number of nitrogens with one attached hydrogen (secondary N) is 1. The van der Waals surface area contributed by atoms with Gasteiger partial charge in [-0.25, -0.2) is 4.79 Å². The lowest BCUT2D eigenvalue weighted by Gasteiger charge is -2.37. The third-order valence-corrected chi connectivity index (χ3v) is 6.45. The Balaban J connectivity index is 1.66. The molecule has 0 fully saturated rings. The van der Waals surface area contributed by atoms with E-state index >= 15 is 0 Å². The maximum atomic E-state index is 11.9. The largest absolute Gasteiger partial charge is 0.497 e. The quantitative estimate of drug-likeness (QED) is 0.255. The summed E-state index contributed by atoms with van der Waals surface area (Å²) in [5.41, 5.74) is 0.573. The van der Waals surface area contributed by atoms with E-state index in [1.165, 1.54) is 16.8 Å². The number of H-pyrrole nitrogens is 1. The predicted molar refractivity (Wildman–Crippen MR) is 146 cm³/mol. The van der Waals surface area contributed by atoms with E-state index in [2.05, 4.69) is 4.98 Å². The van der Waals surface area contributed by atoms with Gasteiger partial charge in [0.05, 0.1) is 34.0 Å². The number of hydrogen-bond donors (Lipinski definition) is 2. The second kappa shape index (κ2) is 13.1. The van der Waals surface area contributed by atoms with Crippen molar-refractivity contribution in [3.8, 4) is 11.5 Å². The van der Waals surface area contributed by atoms with Crippen LogP contribution < -0.4 is 20.7 Å². The number of aliphatic hydroxyl groups excluding tert-OH is 1. The Hall–Kier alpha value is -4.18. The average molecular weight is 533 g/mol. The van der Waals surface area contributed by atoms with Crippen LogP contribution in [0.2, 0.25) is 0 Å². The van der Waals surface area contributed by atoms with Crippen LogP contribution in [0.15, 0.2) is 101 Å². The van der Waals surface area contributed by atoms with E-state index in [0.717, 1.165) is 28.2 Å². The van der Waals surface area contributed by atoms with Gasteiger partial charge in [-0.05, 0) is 41.0 Å². The molecular weight excluding hydrogens is 500 g/mol. The SMILES string of the molecule is COc1ccc(C(OCC(CO)COCn2ccc(=O)[nH]c2=O)(c2ccccc2)c2ccc(OC)cc2)cc1. The van der Waals surface area contributed by atoms with Crippen LogP contribution in [0.25, 0.3) is 0 Å². The highest BCUT2D eigenvalue weighted by Crippen LogP contribution is 2.42. The van der Waals surface area contributed by atoms with Gasteiger partial charge in [0.15, 0.2) is 0 Å². The monoisotopic (exact) mass is 532 g/mol. The minimum absolute atomic E-state index is 0.0765. The summed E-state index contributed by atoms with van der Waals surface area (Å²) in [4.78, 5) is 25.4. The molecule has 39 heavy (non-hydrogen) atoms. The van der Waals surface area contributed by atoms with Gasteiger partial charge in [0, 0.05) is 18.2 Å². The van der Waals surface area contributed by atoms with Gasteiger partial charge in [-0.3, -0.25) is 14.3 Å². The highest BCUT2D eigenvalue weighted by Gasteiger charge is 2.38. The molecule has 1 aromatic heterocycles. The van der Waals surface area contributed by atoms with Crippen LogP contribution in [0.3, 0.4) is 0 Å². The Morgan fingerprint density at radius 1 is 0.795 bits per heavy atom. The van der Waals surface area contributed by atoms with Gasteiger partial charge in [0.25, 0.3) is 5.56 Å². The van der Waals surface area contributed by atoms with E-state index < -0.39 is 22.8 Å². The summed E-state index contributed by atoms with van der Waals surface area (Å²) in [6.07, 6.45) is 1.36. The number of nitrogens with zero attached hydrogens (tertiary/aromatic N) is 1. The maximum absolute atomic E-state index is 11.9. The fourth-order valence-corrected chi connectivity index (χ4v) is 4.33. The lowest BCUT2D eigenvalue weighted by molar-refractivity contribution is -0.0496. The molecule has 4 rings (SSSR count). The molecule has 2 N–H and O–H groups in total. The smallest absolute Gasteiger partial charge is 0.330 e. The Morgan fingerprint density at radius 3 is 1.87 bits per heavy atom. The zero-order valence-corrected chi connectivity index (χ0v) is 21.9. The molecule has 0 aliphatic carbocycles. The topological polar surface area (TPSA) is 112 Å². The summed E-state index contributed by atoms with van der Waals surface area (Å²) in [5.74, 6) is 1.03. The molecule has 4 aromatic rings. The second-order valence-electron chi connectivity index (χ2n) is 8.94. The van der Waals surface area contributed by atoms with Crippen molar-refractivity contribution in [1.29, 1.82) is 0 Å². The molecular formula is C30H32N2O7. The van der Waals surface area contributed by atoms with Crippen molar-refractivity contribution in [2.24, 2.45) is 5.92 Å². The summed E-state index contributed by atoms with van der Waals surface area (Å²) in [6.45, 7) is -0.00828. The predicted octanol–water partition coefficient (Wildman–Crippen LogP) is 3.15. The Labute approximate surface area is 226 Å². The molecule has 1 unspecified atom stereocenters. The van der Waals surface area contributed by atoms with Gasteiger partial charge < -0.3 is 24.1 Å². The van der Waals surface area contributed by atoms with Gasteiger partial charge in [-0.1, -0.05) is 54.6 Å². The van der Waals surface area contributed by atoms with E-state index in [1.807, 2.05) is 78.9 Å². The summed E-state index contributed by atoms with van der Waals surface area (Å²) in [6, 6.07) is 26.5. The van der Waals surface area contributed by atoms with Crippen LogP contribution in [0.5, 0.6) is 11.5 Å². The first kappa shape index (κ1) is 27.8. The van der Waals surface area contributed by atoms with Gasteiger partial charge in [0.2, 0.25) is 0 Å². The molecule has 3 aromatic carbocycles. The molecule has 1 heterocycles. The van der Waals surface area contributed by atoms with Gasteiger partial charge in [-0.2, -0.15) is 0 Å². The molecule has 0 aliphatic rings. The van der Waals surface area contributed by atoms with E-state index in [-0.39, 0.29) is 26.6 Å². The molecule has 0 spiro atoms. The van der Waals surface area contributed by atoms with Crippen molar-refractivity contribution in [3.05, 3.63) is 129 Å². The van der Waals surface area contributed by atoms with Gasteiger partial charge in [-0.15, -0.1) is 0 Å². The van der Waals surface area contributed by atoms with Crippen molar-refractivity contribution in [3.63, 3.8) is 0 Å². The van der Waals surface area contributed by atoms with Gasteiger partial charge >= 0.3 is 5.69 Å². The molecule has 9 heteroatoms. The van der Waals surface area contributed by atoms with Crippen molar-refractivity contribution < 1.29 is 24.1 Å². The zero-order chi connectivity index (χ0) is 27.7. The average Bonchev–Trinajstić information content (AvgIpc) is 2.98. The summed E-state index contributed by atoms with van der Waals surface area (Å²) in [7, 11) is 3.24. The minimum atomic E-state index is -1.02. The highest BCUT2D eigenvalue weighted by molar-refractivity contribution is 5.49. The molecule has 1 atom stereocenters. The first-order chi connectivity index (χ1) is 19.0. The number of hydrogen-bond acceptors (Lipinski definition) is 7. The molecule has 0 radical (unpaired) electrons. The standard InChI is InChI=1S/C30H32N2O7/c1-36-26-12-8-24(9-13-26)30(23-6-4-3-5-7-23,25-10-14-27(37-2)15-11-25)39-20-22(18-33)19-38-21-32-17-16-28(34)31-29(32)35/h3-17,22,33H,18-21H2,1-2H3,(H,31,34,35). The maximum Gasteiger partial charge on any atom is 0.330 e. The number of ether oxygens (including phenoxy) is 4. The first-order valence-electron chi connectivity index (χ1n) is 12.5. The molecule has 0 aliphatic heterocycles. The van der Waals surface area contributed by atoms with Crippen molar-refractivity contribution in [2.75, 3.05) is 34.0 Å². The molecule has 0 bridgehead atoms. The van der Waals surface area contributed by atoms with Crippen molar-refractivity contribution in [1.82, 2.24) is 9.55 Å². The number of benzene rings is 3. The van der Waals surface area contributed by atoms with E-state index in [9.17, 15) is 14.7 Å². The van der Waals surface area contributed by atoms with Crippen LogP contribution in [-0.4, -0.2) is 48.7 Å². The number of rotatable bonds is 13. The van der Waals surface area contributed by atoms with Crippen LogP contribution in [0.1, 0.15) is 16.7 Å². The Bertz CT molecular complexity index is 1380. The number of aromatic amines is 1. The van der Waals surface area contributed by atoms with Crippen molar-refractivity contribution in [2.45, 2.75) is 12.3 Å². The van der Waals surface area contributed by atoms with Crippen LogP contribution in [0.4, 0.5) is 0 Å². The highest BCUT2D eigenvalue weighted by atomic mass is 16.5. The summed E-state index contributed by atoms with van der Waals surface area (Å²) in [5, 5.41) is 10.2. The molecule has 0 amide bonds. The fourth-order valence-electron chi connectivity index (χ4n) is 4.33. The molecule has 204 valence electrons. The summed E-state index contributed by atoms with van der Waals surface area (Å²) >= 11 is 0. The van der Waals surface area contributed by atoms with E-state index in [1.54, 1.807) is 14.2 Å². The molecule has 0 saturated heterocycles. The van der Waals surface area contributed by atoms with Gasteiger partial charge in [0.1, 0.15) is 23.8 Å². The normalized spacial score (nSPS) is 12.2. The van der Waals surface area contributed by atoms with E-state index in [4.69, 9.17) is 18.9 Å². The van der Waals surface area contributed by atoms with Crippen LogP contribution >= 0.6 is 0 Å². The third kappa shape index (κ3) is 6.46. The molecule has 9 nitrogen and oxygen atoms in total. The lowest BCUT2D eigenvalue weighted by Crippen LogP contribution is -2.36. The Morgan fingerprint density at radius 2 is 1.36 bits per heavy atom. The van der Waals surface area contributed by atoms with Crippen molar-refractivity contribution >= 4 is 0 Å². The number of methoxy groups -OCH3 is 2. The Kier molecular flexibility index (Phi) is 9.32. The second-order valence-corrected chi connectivity index (χ2v) is 8.94. The fraction of sp³-hybridized carbons (Fsp3) is 0.267. The minimum Gasteiger partial charge on any atom is -0.497 e.